The summed E-state index contributed by atoms with van der Waals surface area (Å²) in [7, 11) is 0. The van der Waals surface area contributed by atoms with E-state index in [0.717, 1.165) is 12.8 Å². The van der Waals surface area contributed by atoms with Crippen LogP contribution in [0, 0.1) is 11.2 Å². The van der Waals surface area contributed by atoms with Crippen LogP contribution < -0.4 is 4.74 Å². The monoisotopic (exact) mass is 238 g/mol. The Hall–Kier alpha value is -1.09. The highest BCUT2D eigenvalue weighted by molar-refractivity contribution is 5.24. The van der Waals surface area contributed by atoms with E-state index in [0.29, 0.717) is 12.2 Å². The van der Waals surface area contributed by atoms with Gasteiger partial charge in [-0.1, -0.05) is 19.9 Å². The molecule has 1 aliphatic rings. The van der Waals surface area contributed by atoms with Gasteiger partial charge < -0.3 is 9.84 Å². The second kappa shape index (κ2) is 4.65. The molecule has 0 spiro atoms. The van der Waals surface area contributed by atoms with Crippen molar-refractivity contribution in [3.8, 4) is 5.75 Å². The molecule has 17 heavy (non-hydrogen) atoms. The van der Waals surface area contributed by atoms with E-state index in [1.54, 1.807) is 12.1 Å². The highest BCUT2D eigenvalue weighted by atomic mass is 19.1. The van der Waals surface area contributed by atoms with Gasteiger partial charge in [0.25, 0.3) is 0 Å². The molecule has 2 atom stereocenters. The van der Waals surface area contributed by atoms with Crippen molar-refractivity contribution in [1.82, 2.24) is 0 Å². The molecule has 1 saturated carbocycles. The fourth-order valence-corrected chi connectivity index (χ4v) is 2.77. The zero-order valence-corrected chi connectivity index (χ0v) is 10.3. The van der Waals surface area contributed by atoms with E-state index < -0.39 is 0 Å². The molecule has 1 aromatic carbocycles. The third kappa shape index (κ3) is 2.04. The summed E-state index contributed by atoms with van der Waals surface area (Å²) < 4.78 is 18.8. The molecule has 1 fully saturated rings. The van der Waals surface area contributed by atoms with Crippen molar-refractivity contribution in [2.75, 3.05) is 0 Å². The molecule has 1 N–H and O–H groups in total. The summed E-state index contributed by atoms with van der Waals surface area (Å²) >= 11 is 0. The summed E-state index contributed by atoms with van der Waals surface area (Å²) in [5.41, 5.74) is -0.160. The molecule has 0 aliphatic heterocycles. The lowest BCUT2D eigenvalue weighted by molar-refractivity contribution is -0.159. The van der Waals surface area contributed by atoms with E-state index in [-0.39, 0.29) is 23.4 Å². The third-order valence-electron chi connectivity index (χ3n) is 4.13. The highest BCUT2D eigenvalue weighted by Crippen LogP contribution is 2.48. The standard InChI is InChI=1S/C14H19FO2/c1-3-14(4-2)12(16)9-13(14)17-11-7-5-6-10(15)8-11/h5-8,12-13,16H,3-4,9H2,1-2H3. The molecule has 0 radical (unpaired) electrons. The van der Waals surface area contributed by atoms with Gasteiger partial charge in [0, 0.05) is 17.9 Å². The Bertz CT molecular complexity index is 388. The van der Waals surface area contributed by atoms with Crippen LogP contribution in [0.5, 0.6) is 5.75 Å². The van der Waals surface area contributed by atoms with Crippen LogP contribution in [0.25, 0.3) is 0 Å². The van der Waals surface area contributed by atoms with Crippen molar-refractivity contribution in [2.45, 2.75) is 45.3 Å². The lowest BCUT2D eigenvalue weighted by atomic mass is 9.60. The number of aliphatic hydroxyl groups is 1. The average Bonchev–Trinajstić information content (AvgIpc) is 2.30. The van der Waals surface area contributed by atoms with E-state index in [9.17, 15) is 9.50 Å². The predicted octanol–water partition coefficient (Wildman–Crippen LogP) is 3.14. The summed E-state index contributed by atoms with van der Waals surface area (Å²) in [4.78, 5) is 0. The first-order valence-electron chi connectivity index (χ1n) is 6.22. The molecule has 94 valence electrons. The highest BCUT2D eigenvalue weighted by Gasteiger charge is 2.53. The molecule has 0 heterocycles. The number of benzene rings is 1. The number of aliphatic hydroxyl groups excluding tert-OH is 1. The normalized spacial score (nSPS) is 26.4. The minimum absolute atomic E-state index is 0.00528. The Morgan fingerprint density at radius 2 is 2.12 bits per heavy atom. The lowest BCUT2D eigenvalue weighted by Crippen LogP contribution is -2.59. The molecule has 1 aromatic rings. The molecule has 0 amide bonds. The Morgan fingerprint density at radius 3 is 2.65 bits per heavy atom. The first-order chi connectivity index (χ1) is 8.12. The van der Waals surface area contributed by atoms with Crippen LogP contribution in [0.4, 0.5) is 4.39 Å². The number of halogens is 1. The quantitative estimate of drug-likeness (QED) is 0.873. The topological polar surface area (TPSA) is 29.5 Å². The molecule has 0 bridgehead atoms. The minimum atomic E-state index is -0.295. The zero-order valence-electron chi connectivity index (χ0n) is 10.3. The molecule has 0 saturated heterocycles. The van der Waals surface area contributed by atoms with Crippen LogP contribution in [-0.4, -0.2) is 17.3 Å². The van der Waals surface area contributed by atoms with Crippen molar-refractivity contribution >= 4 is 0 Å². The van der Waals surface area contributed by atoms with E-state index in [4.69, 9.17) is 4.74 Å². The largest absolute Gasteiger partial charge is 0.490 e. The summed E-state index contributed by atoms with van der Waals surface area (Å²) in [6, 6.07) is 6.18. The van der Waals surface area contributed by atoms with Crippen LogP contribution in [0.3, 0.4) is 0 Å². The van der Waals surface area contributed by atoms with E-state index >= 15 is 0 Å². The van der Waals surface area contributed by atoms with Crippen LogP contribution in [0.1, 0.15) is 33.1 Å². The van der Waals surface area contributed by atoms with Gasteiger partial charge in [-0.15, -0.1) is 0 Å². The summed E-state index contributed by atoms with van der Waals surface area (Å²) in [5.74, 6) is 0.258. The fraction of sp³-hybridized carbons (Fsp3) is 0.571. The van der Waals surface area contributed by atoms with Gasteiger partial charge in [-0.3, -0.25) is 0 Å². The Kier molecular flexibility index (Phi) is 3.38. The van der Waals surface area contributed by atoms with E-state index in [1.807, 2.05) is 0 Å². The maximum atomic E-state index is 13.0. The van der Waals surface area contributed by atoms with Crippen molar-refractivity contribution in [2.24, 2.45) is 5.41 Å². The number of hydrogen-bond acceptors (Lipinski definition) is 2. The second-order valence-corrected chi connectivity index (χ2v) is 4.76. The maximum Gasteiger partial charge on any atom is 0.126 e. The Balaban J connectivity index is 2.10. The van der Waals surface area contributed by atoms with Gasteiger partial charge in [-0.05, 0) is 25.0 Å². The summed E-state index contributed by atoms with van der Waals surface area (Å²) in [5, 5.41) is 9.91. The zero-order chi connectivity index (χ0) is 12.5. The van der Waals surface area contributed by atoms with Gasteiger partial charge in [-0.25, -0.2) is 4.39 Å². The molecular formula is C14H19FO2. The van der Waals surface area contributed by atoms with Crippen LogP contribution in [-0.2, 0) is 0 Å². The van der Waals surface area contributed by atoms with Gasteiger partial charge in [-0.2, -0.15) is 0 Å². The van der Waals surface area contributed by atoms with Gasteiger partial charge in [0.15, 0.2) is 0 Å². The number of rotatable bonds is 4. The first-order valence-corrected chi connectivity index (χ1v) is 6.22. The molecule has 1 aliphatic carbocycles. The second-order valence-electron chi connectivity index (χ2n) is 4.76. The van der Waals surface area contributed by atoms with Crippen LogP contribution >= 0.6 is 0 Å². The summed E-state index contributed by atoms with van der Waals surface area (Å²) in [6.07, 6.45) is 2.10. The van der Waals surface area contributed by atoms with Crippen molar-refractivity contribution in [3.05, 3.63) is 30.1 Å². The van der Waals surface area contributed by atoms with Gasteiger partial charge in [0.05, 0.1) is 6.10 Å². The molecule has 0 aromatic heterocycles. The van der Waals surface area contributed by atoms with E-state index in [2.05, 4.69) is 13.8 Å². The number of ether oxygens (including phenoxy) is 1. The number of hydrogen-bond donors (Lipinski definition) is 1. The van der Waals surface area contributed by atoms with Crippen LogP contribution in [0.2, 0.25) is 0 Å². The first kappa shape index (κ1) is 12.4. The Labute approximate surface area is 101 Å². The van der Waals surface area contributed by atoms with Gasteiger partial charge >= 0.3 is 0 Å². The van der Waals surface area contributed by atoms with Gasteiger partial charge in [0.2, 0.25) is 0 Å². The SMILES string of the molecule is CCC1(CC)C(O)CC1Oc1cccc(F)c1. The van der Waals surface area contributed by atoms with Crippen molar-refractivity contribution in [3.63, 3.8) is 0 Å². The molecule has 2 rings (SSSR count). The van der Waals surface area contributed by atoms with Crippen molar-refractivity contribution in [1.29, 1.82) is 0 Å². The average molecular weight is 238 g/mol. The minimum Gasteiger partial charge on any atom is -0.490 e. The third-order valence-corrected chi connectivity index (χ3v) is 4.13. The molecular weight excluding hydrogens is 219 g/mol. The van der Waals surface area contributed by atoms with Crippen LogP contribution in [0.15, 0.2) is 24.3 Å². The fourth-order valence-electron chi connectivity index (χ4n) is 2.77. The summed E-state index contributed by atoms with van der Waals surface area (Å²) in [6.45, 7) is 4.13. The van der Waals surface area contributed by atoms with Gasteiger partial charge in [0.1, 0.15) is 17.7 Å². The smallest absolute Gasteiger partial charge is 0.126 e. The predicted molar refractivity (Wildman–Crippen MR) is 64.5 cm³/mol. The maximum absolute atomic E-state index is 13.0. The molecule has 2 nitrogen and oxygen atoms in total. The molecule has 3 heteroatoms. The lowest BCUT2D eigenvalue weighted by Gasteiger charge is -2.52. The molecule has 2 unspecified atom stereocenters. The van der Waals surface area contributed by atoms with Crippen molar-refractivity contribution < 1.29 is 14.2 Å². The van der Waals surface area contributed by atoms with E-state index in [1.165, 1.54) is 12.1 Å². The Morgan fingerprint density at radius 1 is 1.41 bits per heavy atom.